The van der Waals surface area contributed by atoms with Crippen molar-refractivity contribution in [2.24, 2.45) is 5.10 Å². The lowest BCUT2D eigenvalue weighted by Crippen LogP contribution is -2.34. The summed E-state index contributed by atoms with van der Waals surface area (Å²) in [5, 5.41) is 7.72. The van der Waals surface area contributed by atoms with Crippen molar-refractivity contribution in [1.29, 1.82) is 0 Å². The quantitative estimate of drug-likeness (QED) is 0.448. The zero-order chi connectivity index (χ0) is 22.9. The topological polar surface area (TPSA) is 52.5 Å². The molecule has 2 atom stereocenters. The average molecular weight is 465 g/mol. The zero-order valence-electron chi connectivity index (χ0n) is 18.7. The highest BCUT2D eigenvalue weighted by Crippen LogP contribution is 2.49. The second-order valence-corrected chi connectivity index (χ2v) is 8.28. The minimum absolute atomic E-state index is 0.0183. The van der Waals surface area contributed by atoms with Gasteiger partial charge in [0.2, 0.25) is 6.23 Å². The van der Waals surface area contributed by atoms with E-state index in [2.05, 4.69) is 0 Å². The highest BCUT2D eigenvalue weighted by atomic mass is 35.5. The van der Waals surface area contributed by atoms with Crippen LogP contribution in [0.25, 0.3) is 0 Å². The summed E-state index contributed by atoms with van der Waals surface area (Å²) in [6.07, 6.45) is 0.281. The molecule has 0 saturated carbocycles. The van der Waals surface area contributed by atoms with E-state index in [-0.39, 0.29) is 6.04 Å². The monoisotopic (exact) mass is 464 g/mol. The van der Waals surface area contributed by atoms with Crippen LogP contribution in [0.5, 0.6) is 23.0 Å². The summed E-state index contributed by atoms with van der Waals surface area (Å²) in [6.45, 7) is 2.54. The van der Waals surface area contributed by atoms with E-state index >= 15 is 0 Å². The van der Waals surface area contributed by atoms with E-state index in [1.54, 1.807) is 14.2 Å². The molecule has 170 valence electrons. The number of fused-ring (bicyclic) bond motifs is 3. The maximum atomic E-state index is 6.48. The summed E-state index contributed by atoms with van der Waals surface area (Å²) >= 11 is 6.35. The lowest BCUT2D eigenvalue weighted by atomic mass is 9.95. The Morgan fingerprint density at radius 1 is 0.970 bits per heavy atom. The van der Waals surface area contributed by atoms with Crippen LogP contribution in [-0.2, 0) is 0 Å². The molecule has 6 nitrogen and oxygen atoms in total. The summed E-state index contributed by atoms with van der Waals surface area (Å²) in [5.74, 6) is 2.94. The molecule has 2 aliphatic rings. The fraction of sp³-hybridized carbons (Fsp3) is 0.269. The molecular formula is C26H25ClN2O4. The normalized spacial score (nSPS) is 18.7. The van der Waals surface area contributed by atoms with Crippen molar-refractivity contribution in [3.63, 3.8) is 0 Å². The van der Waals surface area contributed by atoms with Gasteiger partial charge >= 0.3 is 0 Å². The molecule has 0 aliphatic carbocycles. The van der Waals surface area contributed by atoms with Crippen molar-refractivity contribution in [2.45, 2.75) is 25.6 Å². The van der Waals surface area contributed by atoms with Crippen LogP contribution in [0.1, 0.15) is 42.3 Å². The Morgan fingerprint density at radius 3 is 2.58 bits per heavy atom. The van der Waals surface area contributed by atoms with Crippen LogP contribution >= 0.6 is 11.6 Å². The smallest absolute Gasteiger partial charge is 0.217 e. The van der Waals surface area contributed by atoms with Crippen molar-refractivity contribution in [2.75, 3.05) is 20.8 Å². The maximum absolute atomic E-state index is 6.48. The van der Waals surface area contributed by atoms with Gasteiger partial charge in [0, 0.05) is 22.6 Å². The van der Waals surface area contributed by atoms with E-state index in [4.69, 9.17) is 35.6 Å². The third-order valence-electron chi connectivity index (χ3n) is 5.95. The molecule has 7 heteroatoms. The van der Waals surface area contributed by atoms with Crippen LogP contribution in [-0.4, -0.2) is 31.5 Å². The summed E-state index contributed by atoms with van der Waals surface area (Å²) in [6, 6.07) is 19.5. The van der Waals surface area contributed by atoms with Gasteiger partial charge in [-0.25, -0.2) is 5.01 Å². The average Bonchev–Trinajstić information content (AvgIpc) is 3.30. The van der Waals surface area contributed by atoms with E-state index in [0.717, 1.165) is 33.9 Å². The number of methoxy groups -OCH3 is 2. The van der Waals surface area contributed by atoms with Gasteiger partial charge in [0.15, 0.2) is 11.5 Å². The van der Waals surface area contributed by atoms with Crippen LogP contribution in [0.4, 0.5) is 0 Å². The SMILES string of the molecule is CCOc1ccccc1C1Oc2ccc(Cl)cc2C2CC(c3ccc(OC)c(OC)c3)=NN21. The second kappa shape index (κ2) is 8.87. The predicted octanol–water partition coefficient (Wildman–Crippen LogP) is 6.00. The largest absolute Gasteiger partial charge is 0.493 e. The van der Waals surface area contributed by atoms with Gasteiger partial charge < -0.3 is 18.9 Å². The van der Waals surface area contributed by atoms with Crippen molar-refractivity contribution >= 4 is 17.3 Å². The van der Waals surface area contributed by atoms with Gasteiger partial charge in [-0.2, -0.15) is 5.10 Å². The lowest BCUT2D eigenvalue weighted by Gasteiger charge is -2.38. The molecule has 0 spiro atoms. The molecule has 0 amide bonds. The number of ether oxygens (including phenoxy) is 4. The first kappa shape index (κ1) is 21.5. The standard InChI is InChI=1S/C26H25ClN2O4/c1-4-32-22-8-6-5-7-18(22)26-29-21(19-14-17(27)10-12-23(19)33-26)15-20(28-29)16-9-11-24(30-2)25(13-16)31-3/h5-14,21,26H,4,15H2,1-3H3. The van der Waals surface area contributed by atoms with Crippen molar-refractivity contribution in [3.8, 4) is 23.0 Å². The Hall–Kier alpha value is -3.38. The number of hydrazone groups is 1. The minimum atomic E-state index is -0.427. The molecule has 5 rings (SSSR count). The molecule has 2 aliphatic heterocycles. The maximum Gasteiger partial charge on any atom is 0.217 e. The van der Waals surface area contributed by atoms with E-state index in [1.807, 2.05) is 72.6 Å². The molecule has 0 N–H and O–H groups in total. The minimum Gasteiger partial charge on any atom is -0.493 e. The molecule has 3 aromatic rings. The Labute approximate surface area is 198 Å². The summed E-state index contributed by atoms with van der Waals surface area (Å²) in [5.41, 5.74) is 3.87. The molecule has 2 heterocycles. The number of halogens is 1. The van der Waals surface area contributed by atoms with E-state index in [0.29, 0.717) is 29.5 Å². The predicted molar refractivity (Wildman–Crippen MR) is 128 cm³/mol. The number of para-hydroxylation sites is 1. The molecule has 0 bridgehead atoms. The second-order valence-electron chi connectivity index (χ2n) is 7.84. The van der Waals surface area contributed by atoms with Crippen molar-refractivity contribution < 1.29 is 18.9 Å². The number of nitrogens with zero attached hydrogens (tertiary/aromatic N) is 2. The van der Waals surface area contributed by atoms with Crippen molar-refractivity contribution in [1.82, 2.24) is 5.01 Å². The number of benzene rings is 3. The number of rotatable bonds is 6. The third-order valence-corrected chi connectivity index (χ3v) is 6.19. The Balaban J connectivity index is 1.60. The molecule has 0 aromatic heterocycles. The molecule has 0 radical (unpaired) electrons. The summed E-state index contributed by atoms with van der Waals surface area (Å²) < 4.78 is 23.3. The fourth-order valence-electron chi connectivity index (χ4n) is 4.43. The number of hydrogen-bond acceptors (Lipinski definition) is 6. The molecular weight excluding hydrogens is 440 g/mol. The van der Waals surface area contributed by atoms with Crippen molar-refractivity contribution in [3.05, 3.63) is 82.4 Å². The molecule has 0 fully saturated rings. The van der Waals surface area contributed by atoms with Crippen LogP contribution in [0, 0.1) is 0 Å². The highest BCUT2D eigenvalue weighted by molar-refractivity contribution is 6.30. The highest BCUT2D eigenvalue weighted by Gasteiger charge is 2.42. The van der Waals surface area contributed by atoms with E-state index < -0.39 is 6.23 Å². The van der Waals surface area contributed by atoms with E-state index in [1.165, 1.54) is 0 Å². The first-order chi connectivity index (χ1) is 16.1. The van der Waals surface area contributed by atoms with Gasteiger partial charge in [0.1, 0.15) is 11.5 Å². The number of hydrogen-bond donors (Lipinski definition) is 0. The van der Waals surface area contributed by atoms with Crippen LogP contribution in [0.2, 0.25) is 5.02 Å². The van der Waals surface area contributed by atoms with Crippen LogP contribution in [0.15, 0.2) is 65.8 Å². The molecule has 0 saturated heterocycles. The van der Waals surface area contributed by atoms with Gasteiger partial charge in [-0.1, -0.05) is 23.7 Å². The van der Waals surface area contributed by atoms with E-state index in [9.17, 15) is 0 Å². The van der Waals surface area contributed by atoms with Gasteiger partial charge in [-0.15, -0.1) is 0 Å². The summed E-state index contributed by atoms with van der Waals surface area (Å²) in [7, 11) is 3.26. The third kappa shape index (κ3) is 3.85. The van der Waals surface area contributed by atoms with Crippen LogP contribution < -0.4 is 18.9 Å². The van der Waals surface area contributed by atoms with Gasteiger partial charge in [0.05, 0.1) is 38.1 Å². The Morgan fingerprint density at radius 2 is 1.79 bits per heavy atom. The van der Waals surface area contributed by atoms with Crippen LogP contribution in [0.3, 0.4) is 0 Å². The summed E-state index contributed by atoms with van der Waals surface area (Å²) in [4.78, 5) is 0. The first-order valence-electron chi connectivity index (χ1n) is 10.9. The Kier molecular flexibility index (Phi) is 5.77. The zero-order valence-corrected chi connectivity index (χ0v) is 19.5. The first-order valence-corrected chi connectivity index (χ1v) is 11.3. The Bertz CT molecular complexity index is 1210. The van der Waals surface area contributed by atoms with Gasteiger partial charge in [0.25, 0.3) is 0 Å². The van der Waals surface area contributed by atoms with Gasteiger partial charge in [-0.3, -0.25) is 0 Å². The molecule has 33 heavy (non-hydrogen) atoms. The molecule has 3 aromatic carbocycles. The van der Waals surface area contributed by atoms with Gasteiger partial charge in [-0.05, 0) is 55.5 Å². The lowest BCUT2D eigenvalue weighted by molar-refractivity contribution is -0.0205. The molecule has 2 unspecified atom stereocenters. The fourth-order valence-corrected chi connectivity index (χ4v) is 4.61.